The van der Waals surface area contributed by atoms with Crippen molar-refractivity contribution in [1.82, 2.24) is 9.55 Å². The number of hydrogen-bond donors (Lipinski definition) is 1. The molecular weight excluding hydrogens is 295 g/mol. The summed E-state index contributed by atoms with van der Waals surface area (Å²) in [6, 6.07) is 9.37. The highest BCUT2D eigenvalue weighted by atomic mass is 35.5. The number of aliphatic hydroxyl groups excluding tert-OH is 1. The van der Waals surface area contributed by atoms with Gasteiger partial charge in [0.2, 0.25) is 0 Å². The van der Waals surface area contributed by atoms with Crippen molar-refractivity contribution in [1.29, 1.82) is 0 Å². The van der Waals surface area contributed by atoms with E-state index in [1.54, 1.807) is 12.3 Å². The molecule has 0 bridgehead atoms. The van der Waals surface area contributed by atoms with E-state index in [0.717, 1.165) is 22.2 Å². The van der Waals surface area contributed by atoms with E-state index in [0.29, 0.717) is 16.6 Å². The minimum atomic E-state index is -0.0154. The molecule has 3 aromatic rings. The molecule has 3 rings (SSSR count). The molecule has 0 fully saturated rings. The molecule has 20 heavy (non-hydrogen) atoms. The normalized spacial score (nSPS) is 11.2. The van der Waals surface area contributed by atoms with Gasteiger partial charge >= 0.3 is 0 Å². The number of rotatable bonds is 3. The second-order valence-electron chi connectivity index (χ2n) is 4.53. The zero-order chi connectivity index (χ0) is 14.1. The second kappa shape index (κ2) is 5.44. The highest BCUT2D eigenvalue weighted by Crippen LogP contribution is 2.28. The number of aliphatic hydroxyl groups is 1. The molecule has 0 spiro atoms. The maximum Gasteiger partial charge on any atom is 0.140 e. The summed E-state index contributed by atoms with van der Waals surface area (Å²) in [7, 11) is 0. The van der Waals surface area contributed by atoms with Gasteiger partial charge < -0.3 is 9.67 Å². The van der Waals surface area contributed by atoms with Crippen molar-refractivity contribution in [3.8, 4) is 0 Å². The summed E-state index contributed by atoms with van der Waals surface area (Å²) in [6.07, 6.45) is 3.63. The lowest BCUT2D eigenvalue weighted by atomic mass is 10.2. The Hall–Kier alpha value is -1.55. The zero-order valence-corrected chi connectivity index (χ0v) is 12.1. The Morgan fingerprint density at radius 1 is 1.10 bits per heavy atom. The quantitative estimate of drug-likeness (QED) is 0.797. The third-order valence-electron chi connectivity index (χ3n) is 3.26. The Balaban J connectivity index is 2.09. The van der Waals surface area contributed by atoms with Crippen LogP contribution in [0.3, 0.4) is 0 Å². The van der Waals surface area contributed by atoms with E-state index in [4.69, 9.17) is 23.2 Å². The first-order valence-electron chi connectivity index (χ1n) is 6.17. The molecule has 0 saturated carbocycles. The fraction of sp³-hybridized carbons (Fsp3) is 0.133. The minimum Gasteiger partial charge on any atom is -0.392 e. The average Bonchev–Trinajstić information content (AvgIpc) is 2.82. The molecular formula is C15H12Cl2N2O. The van der Waals surface area contributed by atoms with E-state index in [1.807, 2.05) is 35.0 Å². The van der Waals surface area contributed by atoms with Crippen LogP contribution in [-0.4, -0.2) is 14.7 Å². The molecule has 0 saturated heterocycles. The summed E-state index contributed by atoms with van der Waals surface area (Å²) in [5.41, 5.74) is 2.60. The first-order chi connectivity index (χ1) is 9.70. The summed E-state index contributed by atoms with van der Waals surface area (Å²) < 4.78 is 1.97. The Labute approximate surface area is 126 Å². The third kappa shape index (κ3) is 2.29. The van der Waals surface area contributed by atoms with Gasteiger partial charge in [-0.2, -0.15) is 0 Å². The van der Waals surface area contributed by atoms with E-state index in [1.165, 1.54) is 0 Å². The van der Waals surface area contributed by atoms with Crippen molar-refractivity contribution in [2.24, 2.45) is 0 Å². The van der Waals surface area contributed by atoms with Gasteiger partial charge in [-0.1, -0.05) is 35.3 Å². The lowest BCUT2D eigenvalue weighted by Gasteiger charge is -2.08. The van der Waals surface area contributed by atoms with Gasteiger partial charge in [0.25, 0.3) is 0 Å². The maximum atomic E-state index is 9.43. The monoisotopic (exact) mass is 306 g/mol. The van der Waals surface area contributed by atoms with Gasteiger partial charge in [-0.3, -0.25) is 0 Å². The Morgan fingerprint density at radius 3 is 2.75 bits per heavy atom. The smallest absolute Gasteiger partial charge is 0.140 e. The molecule has 0 amide bonds. The van der Waals surface area contributed by atoms with Crippen LogP contribution in [-0.2, 0) is 13.2 Å². The summed E-state index contributed by atoms with van der Waals surface area (Å²) in [5.74, 6) is 0. The Kier molecular flexibility index (Phi) is 3.66. The minimum absolute atomic E-state index is 0.0154. The van der Waals surface area contributed by atoms with Crippen molar-refractivity contribution >= 4 is 34.2 Å². The molecule has 1 N–H and O–H groups in total. The van der Waals surface area contributed by atoms with E-state index in [2.05, 4.69) is 4.98 Å². The first-order valence-corrected chi connectivity index (χ1v) is 6.93. The number of benzene rings is 1. The molecule has 0 atom stereocenters. The number of halogens is 2. The van der Waals surface area contributed by atoms with Crippen LogP contribution in [0, 0.1) is 0 Å². The molecule has 2 aromatic heterocycles. The zero-order valence-electron chi connectivity index (χ0n) is 10.6. The predicted molar refractivity (Wildman–Crippen MR) is 81.2 cm³/mol. The fourth-order valence-corrected chi connectivity index (χ4v) is 2.68. The standard InChI is InChI=1S/C15H12Cl2N2O/c16-13-5-1-3-10(14(13)17)7-19-8-11(9-20)12-4-2-6-18-15(12)19/h1-6,8,20H,7,9H2. The molecule has 0 unspecified atom stereocenters. The molecule has 0 aliphatic carbocycles. The van der Waals surface area contributed by atoms with Crippen molar-refractivity contribution in [3.05, 3.63) is 63.9 Å². The van der Waals surface area contributed by atoms with Gasteiger partial charge in [0.1, 0.15) is 5.65 Å². The molecule has 2 heterocycles. The van der Waals surface area contributed by atoms with Crippen LogP contribution in [0.4, 0.5) is 0 Å². The maximum absolute atomic E-state index is 9.43. The molecule has 5 heteroatoms. The topological polar surface area (TPSA) is 38.0 Å². The van der Waals surface area contributed by atoms with Crippen LogP contribution in [0.5, 0.6) is 0 Å². The van der Waals surface area contributed by atoms with Gasteiger partial charge in [-0.25, -0.2) is 4.98 Å². The summed E-state index contributed by atoms with van der Waals surface area (Å²) >= 11 is 12.3. The van der Waals surface area contributed by atoms with Gasteiger partial charge in [0.05, 0.1) is 23.2 Å². The van der Waals surface area contributed by atoms with Crippen molar-refractivity contribution < 1.29 is 5.11 Å². The van der Waals surface area contributed by atoms with Crippen LogP contribution >= 0.6 is 23.2 Å². The number of nitrogens with zero attached hydrogens (tertiary/aromatic N) is 2. The molecule has 1 aromatic carbocycles. The molecule has 0 aliphatic heterocycles. The van der Waals surface area contributed by atoms with E-state index < -0.39 is 0 Å². The van der Waals surface area contributed by atoms with E-state index in [-0.39, 0.29) is 6.61 Å². The highest BCUT2D eigenvalue weighted by molar-refractivity contribution is 6.42. The molecule has 3 nitrogen and oxygen atoms in total. The number of fused-ring (bicyclic) bond motifs is 1. The number of pyridine rings is 1. The van der Waals surface area contributed by atoms with Crippen LogP contribution in [0.2, 0.25) is 10.0 Å². The predicted octanol–water partition coefficient (Wildman–Crippen LogP) is 3.88. The van der Waals surface area contributed by atoms with E-state index in [9.17, 15) is 5.11 Å². The Bertz CT molecular complexity index is 768. The van der Waals surface area contributed by atoms with Gasteiger partial charge in [-0.05, 0) is 23.8 Å². The van der Waals surface area contributed by atoms with E-state index >= 15 is 0 Å². The van der Waals surface area contributed by atoms with Crippen molar-refractivity contribution in [2.45, 2.75) is 13.2 Å². The SMILES string of the molecule is OCc1cn(Cc2cccc(Cl)c2Cl)c2ncccc12. The summed E-state index contributed by atoms with van der Waals surface area (Å²) in [4.78, 5) is 4.37. The van der Waals surface area contributed by atoms with Gasteiger partial charge in [0.15, 0.2) is 0 Å². The van der Waals surface area contributed by atoms with Crippen LogP contribution < -0.4 is 0 Å². The lowest BCUT2D eigenvalue weighted by Crippen LogP contribution is -2.00. The Morgan fingerprint density at radius 2 is 1.95 bits per heavy atom. The first kappa shape index (κ1) is 13.4. The largest absolute Gasteiger partial charge is 0.392 e. The van der Waals surface area contributed by atoms with Crippen molar-refractivity contribution in [3.63, 3.8) is 0 Å². The van der Waals surface area contributed by atoms with Crippen molar-refractivity contribution in [2.75, 3.05) is 0 Å². The van der Waals surface area contributed by atoms with Gasteiger partial charge in [-0.15, -0.1) is 0 Å². The summed E-state index contributed by atoms with van der Waals surface area (Å²) in [6.45, 7) is 0.547. The van der Waals surface area contributed by atoms with Crippen LogP contribution in [0.15, 0.2) is 42.7 Å². The molecule has 102 valence electrons. The fourth-order valence-electron chi connectivity index (χ4n) is 2.30. The average molecular weight is 307 g/mol. The highest BCUT2D eigenvalue weighted by Gasteiger charge is 2.11. The summed E-state index contributed by atoms with van der Waals surface area (Å²) in [5, 5.41) is 11.5. The third-order valence-corrected chi connectivity index (χ3v) is 4.12. The van der Waals surface area contributed by atoms with Crippen LogP contribution in [0.1, 0.15) is 11.1 Å². The van der Waals surface area contributed by atoms with Gasteiger partial charge in [0, 0.05) is 23.3 Å². The number of aromatic nitrogens is 2. The van der Waals surface area contributed by atoms with Crippen LogP contribution in [0.25, 0.3) is 11.0 Å². The number of hydrogen-bond acceptors (Lipinski definition) is 2. The second-order valence-corrected chi connectivity index (χ2v) is 5.31. The molecule has 0 aliphatic rings. The molecule has 0 radical (unpaired) electrons. The lowest BCUT2D eigenvalue weighted by molar-refractivity contribution is 0.283.